The summed E-state index contributed by atoms with van der Waals surface area (Å²) in [5, 5.41) is 9.94. The molecule has 0 saturated carbocycles. The number of aromatic amines is 1. The summed E-state index contributed by atoms with van der Waals surface area (Å²) >= 11 is 0. The van der Waals surface area contributed by atoms with Crippen LogP contribution in [0.2, 0.25) is 0 Å². The summed E-state index contributed by atoms with van der Waals surface area (Å²) in [6.45, 7) is 3.81. The highest BCUT2D eigenvalue weighted by Crippen LogP contribution is 2.11. The smallest absolute Gasteiger partial charge is 0.293 e. The summed E-state index contributed by atoms with van der Waals surface area (Å²) in [7, 11) is 1.67. The fourth-order valence-corrected chi connectivity index (χ4v) is 2.67. The highest BCUT2D eigenvalue weighted by Gasteiger charge is 2.26. The van der Waals surface area contributed by atoms with Gasteiger partial charge in [0, 0.05) is 44.8 Å². The highest BCUT2D eigenvalue weighted by atomic mass is 16.5. The van der Waals surface area contributed by atoms with Gasteiger partial charge in [0.2, 0.25) is 0 Å². The third kappa shape index (κ3) is 3.87. The number of aromatic nitrogens is 4. The van der Waals surface area contributed by atoms with E-state index in [-0.39, 0.29) is 23.4 Å². The Morgan fingerprint density at radius 2 is 2.36 bits per heavy atom. The van der Waals surface area contributed by atoms with Gasteiger partial charge in [-0.1, -0.05) is 6.92 Å². The number of hydrogen-bond donors (Lipinski definition) is 2. The maximum Gasteiger partial charge on any atom is 0.293 e. The highest BCUT2D eigenvalue weighted by molar-refractivity contribution is 5.92. The van der Waals surface area contributed by atoms with Gasteiger partial charge in [-0.05, 0) is 12.5 Å². The van der Waals surface area contributed by atoms with Crippen LogP contribution in [-0.2, 0) is 18.2 Å². The largest absolute Gasteiger partial charge is 0.373 e. The van der Waals surface area contributed by atoms with E-state index in [0.29, 0.717) is 31.9 Å². The summed E-state index contributed by atoms with van der Waals surface area (Å²) in [5.41, 5.74) is 1.15. The number of carbonyl (C=O) groups excluding carboxylic acids is 1. The normalized spacial score (nSPS) is 17.5. The van der Waals surface area contributed by atoms with Crippen LogP contribution >= 0.6 is 0 Å². The number of amides is 1. The van der Waals surface area contributed by atoms with Crippen LogP contribution in [0, 0.1) is 0 Å². The first-order chi connectivity index (χ1) is 12.1. The first kappa shape index (κ1) is 17.2. The van der Waals surface area contributed by atoms with Gasteiger partial charge in [-0.15, -0.1) is 0 Å². The lowest BCUT2D eigenvalue weighted by molar-refractivity contribution is -0.0152. The van der Waals surface area contributed by atoms with Crippen molar-refractivity contribution in [2.45, 2.75) is 19.4 Å². The van der Waals surface area contributed by atoms with Crippen LogP contribution in [0.5, 0.6) is 0 Å². The zero-order chi connectivity index (χ0) is 17.8. The number of H-pyrrole nitrogens is 1. The molecule has 2 aromatic heterocycles. The average Bonchev–Trinajstić information content (AvgIpc) is 3.12. The molecule has 0 radical (unpaired) electrons. The molecule has 1 aliphatic rings. The molecule has 2 N–H and O–H groups in total. The van der Waals surface area contributed by atoms with Crippen molar-refractivity contribution in [3.05, 3.63) is 40.2 Å². The Hall–Kier alpha value is -2.68. The summed E-state index contributed by atoms with van der Waals surface area (Å²) in [6.07, 6.45) is 3.74. The van der Waals surface area contributed by atoms with E-state index in [0.717, 1.165) is 12.1 Å². The van der Waals surface area contributed by atoms with Crippen LogP contribution in [0.4, 0.5) is 5.82 Å². The van der Waals surface area contributed by atoms with E-state index < -0.39 is 0 Å². The molecule has 1 saturated heterocycles. The van der Waals surface area contributed by atoms with Gasteiger partial charge in [-0.25, -0.2) is 4.98 Å². The Morgan fingerprint density at radius 3 is 3.12 bits per heavy atom. The lowest BCUT2D eigenvalue weighted by Crippen LogP contribution is -2.48. The molecule has 25 heavy (non-hydrogen) atoms. The van der Waals surface area contributed by atoms with Crippen LogP contribution in [0.25, 0.3) is 0 Å². The maximum absolute atomic E-state index is 12.5. The van der Waals surface area contributed by atoms with Crippen LogP contribution in [0.3, 0.4) is 0 Å². The Morgan fingerprint density at radius 1 is 1.52 bits per heavy atom. The number of morpholine rings is 1. The van der Waals surface area contributed by atoms with Crippen LogP contribution in [0.1, 0.15) is 23.1 Å². The molecule has 0 aliphatic carbocycles. The van der Waals surface area contributed by atoms with Crippen molar-refractivity contribution in [2.75, 3.05) is 31.6 Å². The molecule has 0 unspecified atom stereocenters. The number of hydrogen-bond acceptors (Lipinski definition) is 6. The van der Waals surface area contributed by atoms with Crippen molar-refractivity contribution in [2.24, 2.45) is 7.05 Å². The molecule has 0 aromatic carbocycles. The number of carbonyl (C=O) groups is 1. The molecule has 1 amide bonds. The van der Waals surface area contributed by atoms with Crippen molar-refractivity contribution in [3.8, 4) is 0 Å². The summed E-state index contributed by atoms with van der Waals surface area (Å²) < 4.78 is 7.15. The standard InChI is InChI=1S/C16H22N6O3/c1-3-11-8-13(20-19-11)15(23)22-6-7-25-12(10-22)9-18-14-16(24)21(2)5-4-17-14/h4-5,8,12H,3,6-7,9-10H2,1-2H3,(H,17,18)(H,19,20)/t12-/m1/s1. The molecule has 0 spiro atoms. The quantitative estimate of drug-likeness (QED) is 0.791. The van der Waals surface area contributed by atoms with Gasteiger partial charge in [0.1, 0.15) is 5.69 Å². The van der Waals surface area contributed by atoms with Gasteiger partial charge >= 0.3 is 0 Å². The molecule has 1 aliphatic heterocycles. The third-order valence-corrected chi connectivity index (χ3v) is 4.17. The van der Waals surface area contributed by atoms with Gasteiger partial charge < -0.3 is 19.5 Å². The lowest BCUT2D eigenvalue weighted by atomic mass is 10.2. The van der Waals surface area contributed by atoms with Gasteiger partial charge in [0.05, 0.1) is 12.7 Å². The van der Waals surface area contributed by atoms with Crippen LogP contribution in [-0.4, -0.2) is 62.9 Å². The predicted molar refractivity (Wildman–Crippen MR) is 91.6 cm³/mol. The minimum absolute atomic E-state index is 0.113. The minimum Gasteiger partial charge on any atom is -0.373 e. The summed E-state index contributed by atoms with van der Waals surface area (Å²) in [6, 6.07) is 1.78. The van der Waals surface area contributed by atoms with Gasteiger partial charge in [0.15, 0.2) is 5.82 Å². The summed E-state index contributed by atoms with van der Waals surface area (Å²) in [4.78, 5) is 30.3. The second-order valence-corrected chi connectivity index (χ2v) is 5.95. The van der Waals surface area contributed by atoms with Crippen LogP contribution in [0.15, 0.2) is 23.3 Å². The molecular formula is C16H22N6O3. The van der Waals surface area contributed by atoms with Crippen molar-refractivity contribution in [1.29, 1.82) is 0 Å². The molecule has 0 bridgehead atoms. The fourth-order valence-electron chi connectivity index (χ4n) is 2.67. The predicted octanol–water partition coefficient (Wildman–Crippen LogP) is 0.0189. The Balaban J connectivity index is 1.60. The number of ether oxygens (including phenoxy) is 1. The average molecular weight is 346 g/mol. The van der Waals surface area contributed by atoms with E-state index >= 15 is 0 Å². The molecule has 2 aromatic rings. The fraction of sp³-hybridized carbons (Fsp3) is 0.500. The molecule has 134 valence electrons. The molecule has 9 heteroatoms. The molecule has 1 atom stereocenters. The Labute approximate surface area is 145 Å². The lowest BCUT2D eigenvalue weighted by Gasteiger charge is -2.32. The van der Waals surface area contributed by atoms with E-state index in [1.165, 1.54) is 4.57 Å². The van der Waals surface area contributed by atoms with Crippen molar-refractivity contribution in [3.63, 3.8) is 0 Å². The number of rotatable bonds is 5. The van der Waals surface area contributed by atoms with Crippen molar-refractivity contribution in [1.82, 2.24) is 24.6 Å². The van der Waals surface area contributed by atoms with E-state index in [1.807, 2.05) is 6.92 Å². The monoisotopic (exact) mass is 346 g/mol. The second-order valence-electron chi connectivity index (χ2n) is 5.95. The van der Waals surface area contributed by atoms with Gasteiger partial charge in [-0.2, -0.15) is 5.10 Å². The third-order valence-electron chi connectivity index (χ3n) is 4.17. The number of anilines is 1. The van der Waals surface area contributed by atoms with Crippen molar-refractivity contribution < 1.29 is 9.53 Å². The van der Waals surface area contributed by atoms with E-state index in [2.05, 4.69) is 20.5 Å². The number of nitrogens with one attached hydrogen (secondary N) is 2. The topological polar surface area (TPSA) is 105 Å². The molecule has 9 nitrogen and oxygen atoms in total. The second kappa shape index (κ2) is 7.47. The van der Waals surface area contributed by atoms with Crippen LogP contribution < -0.4 is 10.9 Å². The van der Waals surface area contributed by atoms with E-state index in [1.54, 1.807) is 30.4 Å². The van der Waals surface area contributed by atoms with E-state index in [9.17, 15) is 9.59 Å². The zero-order valence-corrected chi connectivity index (χ0v) is 14.4. The van der Waals surface area contributed by atoms with E-state index in [4.69, 9.17) is 4.74 Å². The minimum atomic E-state index is -0.214. The molecule has 1 fully saturated rings. The number of nitrogens with zero attached hydrogens (tertiary/aromatic N) is 4. The summed E-state index contributed by atoms with van der Waals surface area (Å²) in [5.74, 6) is 0.162. The zero-order valence-electron chi connectivity index (χ0n) is 14.4. The van der Waals surface area contributed by atoms with Crippen molar-refractivity contribution >= 4 is 11.7 Å². The first-order valence-corrected chi connectivity index (χ1v) is 8.29. The van der Waals surface area contributed by atoms with Gasteiger partial charge in [0.25, 0.3) is 11.5 Å². The Kier molecular flexibility index (Phi) is 5.13. The molecule has 3 rings (SSSR count). The first-order valence-electron chi connectivity index (χ1n) is 8.29. The Bertz CT molecular complexity index is 799. The maximum atomic E-state index is 12.5. The molecule has 3 heterocycles. The SMILES string of the molecule is CCc1cc(C(=O)N2CCO[C@H](CNc3nccn(C)c3=O)C2)n[nH]1. The molecular weight excluding hydrogens is 324 g/mol. The number of aryl methyl sites for hydroxylation is 2. The van der Waals surface area contributed by atoms with Gasteiger partial charge in [-0.3, -0.25) is 14.7 Å².